The first-order chi connectivity index (χ1) is 12.2. The Morgan fingerprint density at radius 3 is 2.88 bits per heavy atom. The van der Waals surface area contributed by atoms with Crippen molar-refractivity contribution >= 4 is 23.4 Å². The number of hydrogen-bond acceptors (Lipinski definition) is 4. The van der Waals surface area contributed by atoms with Gasteiger partial charge in [0.1, 0.15) is 6.61 Å². The van der Waals surface area contributed by atoms with Crippen LogP contribution in [0.25, 0.3) is 0 Å². The Labute approximate surface area is 153 Å². The van der Waals surface area contributed by atoms with Crippen LogP contribution in [0, 0.1) is 0 Å². The molecule has 1 fully saturated rings. The number of piperidine rings is 1. The number of nitrogens with one attached hydrogen (secondary N) is 1. The summed E-state index contributed by atoms with van der Waals surface area (Å²) in [6, 6.07) is 13.5. The molecule has 2 heterocycles. The Morgan fingerprint density at radius 2 is 2.08 bits per heavy atom. The Bertz CT molecular complexity index is 696. The van der Waals surface area contributed by atoms with E-state index in [2.05, 4.69) is 10.3 Å². The van der Waals surface area contributed by atoms with E-state index in [0.29, 0.717) is 18.3 Å². The van der Waals surface area contributed by atoms with Crippen molar-refractivity contribution < 1.29 is 9.53 Å². The van der Waals surface area contributed by atoms with Gasteiger partial charge >= 0.3 is 6.09 Å². The van der Waals surface area contributed by atoms with Crippen LogP contribution < -0.4 is 5.32 Å². The van der Waals surface area contributed by atoms with Crippen LogP contribution in [-0.4, -0.2) is 35.1 Å². The van der Waals surface area contributed by atoms with Crippen molar-refractivity contribution in [1.29, 1.82) is 0 Å². The van der Waals surface area contributed by atoms with Gasteiger partial charge in [0.15, 0.2) is 5.15 Å². The lowest BCUT2D eigenvalue weighted by Gasteiger charge is -2.35. The van der Waals surface area contributed by atoms with Crippen molar-refractivity contribution in [2.24, 2.45) is 0 Å². The maximum Gasteiger partial charge on any atom is 0.410 e. The third kappa shape index (κ3) is 4.86. The van der Waals surface area contributed by atoms with Gasteiger partial charge in [0, 0.05) is 19.3 Å². The van der Waals surface area contributed by atoms with Crippen molar-refractivity contribution in [3.05, 3.63) is 59.4 Å². The van der Waals surface area contributed by atoms with Crippen LogP contribution in [0.5, 0.6) is 0 Å². The number of ether oxygens (including phenoxy) is 1. The van der Waals surface area contributed by atoms with Gasteiger partial charge in [-0.1, -0.05) is 41.9 Å². The van der Waals surface area contributed by atoms with Gasteiger partial charge in [0.05, 0.1) is 11.7 Å². The molecule has 1 amide bonds. The number of halogens is 1. The van der Waals surface area contributed by atoms with E-state index in [1.54, 1.807) is 6.20 Å². The first kappa shape index (κ1) is 17.5. The molecule has 1 atom stereocenters. The van der Waals surface area contributed by atoms with Crippen LogP contribution in [-0.2, 0) is 11.3 Å². The Morgan fingerprint density at radius 1 is 1.24 bits per heavy atom. The fourth-order valence-corrected chi connectivity index (χ4v) is 3.19. The fourth-order valence-electron chi connectivity index (χ4n) is 3.00. The summed E-state index contributed by atoms with van der Waals surface area (Å²) in [7, 11) is 0. The van der Waals surface area contributed by atoms with Crippen molar-refractivity contribution in [3.8, 4) is 0 Å². The smallest absolute Gasteiger partial charge is 0.410 e. The summed E-state index contributed by atoms with van der Waals surface area (Å²) in [4.78, 5) is 18.4. The average molecular weight is 360 g/mol. The van der Waals surface area contributed by atoms with Gasteiger partial charge in [-0.2, -0.15) is 0 Å². The molecule has 1 unspecified atom stereocenters. The highest BCUT2D eigenvalue weighted by molar-refractivity contribution is 6.31. The average Bonchev–Trinajstić information content (AvgIpc) is 2.66. The summed E-state index contributed by atoms with van der Waals surface area (Å²) in [5.41, 5.74) is 1.78. The lowest BCUT2D eigenvalue weighted by atomic mass is 10.0. The fraction of sp³-hybridized carbons (Fsp3) is 0.368. The van der Waals surface area contributed by atoms with E-state index in [1.807, 2.05) is 47.4 Å². The van der Waals surface area contributed by atoms with Crippen molar-refractivity contribution in [3.63, 3.8) is 0 Å². The van der Waals surface area contributed by atoms with E-state index in [4.69, 9.17) is 16.3 Å². The molecular formula is C19H22ClN3O2. The molecule has 132 valence electrons. The second-order valence-electron chi connectivity index (χ2n) is 6.11. The molecule has 0 radical (unpaired) electrons. The van der Waals surface area contributed by atoms with Crippen LogP contribution in [0.3, 0.4) is 0 Å². The Hall–Kier alpha value is -2.27. The third-order valence-corrected chi connectivity index (χ3v) is 4.66. The zero-order valence-corrected chi connectivity index (χ0v) is 14.8. The van der Waals surface area contributed by atoms with E-state index in [9.17, 15) is 4.79 Å². The first-order valence-corrected chi connectivity index (χ1v) is 8.93. The van der Waals surface area contributed by atoms with E-state index in [0.717, 1.165) is 37.1 Å². The standard InChI is InChI=1S/C19H22ClN3O2/c20-18-17(10-6-11-21-18)22-13-16-9-4-5-12-23(16)19(24)25-14-15-7-2-1-3-8-15/h1-3,6-8,10-11,16,22H,4-5,9,12-14H2. The number of hydrogen-bond donors (Lipinski definition) is 1. The lowest BCUT2D eigenvalue weighted by molar-refractivity contribution is 0.0708. The van der Waals surface area contributed by atoms with Gasteiger partial charge in [-0.05, 0) is 37.0 Å². The molecule has 5 nitrogen and oxygen atoms in total. The second kappa shape index (κ2) is 8.72. The van der Waals surface area contributed by atoms with Gasteiger partial charge < -0.3 is 15.0 Å². The van der Waals surface area contributed by atoms with Gasteiger partial charge in [0.2, 0.25) is 0 Å². The number of likely N-dealkylation sites (tertiary alicyclic amines) is 1. The number of aromatic nitrogens is 1. The number of benzene rings is 1. The molecule has 1 aliphatic heterocycles. The number of carbonyl (C=O) groups is 1. The molecule has 2 aromatic rings. The molecule has 1 saturated heterocycles. The van der Waals surface area contributed by atoms with E-state index < -0.39 is 0 Å². The minimum atomic E-state index is -0.257. The van der Waals surface area contributed by atoms with Crippen LogP contribution in [0.4, 0.5) is 10.5 Å². The molecule has 1 aromatic heterocycles. The third-order valence-electron chi connectivity index (χ3n) is 4.35. The highest BCUT2D eigenvalue weighted by Crippen LogP contribution is 2.22. The van der Waals surface area contributed by atoms with Gasteiger partial charge in [-0.3, -0.25) is 0 Å². The maximum atomic E-state index is 12.5. The summed E-state index contributed by atoms with van der Waals surface area (Å²) < 4.78 is 5.49. The van der Waals surface area contributed by atoms with Crippen LogP contribution >= 0.6 is 11.6 Å². The molecule has 1 N–H and O–H groups in total. The predicted octanol–water partition coefficient (Wildman–Crippen LogP) is 4.34. The number of carbonyl (C=O) groups excluding carboxylic acids is 1. The van der Waals surface area contributed by atoms with Gasteiger partial charge in [0.25, 0.3) is 0 Å². The van der Waals surface area contributed by atoms with E-state index in [-0.39, 0.29) is 12.1 Å². The molecule has 0 aliphatic carbocycles. The minimum Gasteiger partial charge on any atom is -0.445 e. The second-order valence-corrected chi connectivity index (χ2v) is 6.46. The summed E-state index contributed by atoms with van der Waals surface area (Å²) in [6.07, 6.45) is 4.46. The molecular weight excluding hydrogens is 338 g/mol. The Kier molecular flexibility index (Phi) is 6.12. The molecule has 25 heavy (non-hydrogen) atoms. The van der Waals surface area contributed by atoms with Gasteiger partial charge in [-0.15, -0.1) is 0 Å². The van der Waals surface area contributed by atoms with Crippen molar-refractivity contribution in [2.75, 3.05) is 18.4 Å². The predicted molar refractivity (Wildman–Crippen MR) is 98.7 cm³/mol. The molecule has 0 bridgehead atoms. The maximum absolute atomic E-state index is 12.5. The van der Waals surface area contributed by atoms with E-state index in [1.165, 1.54) is 0 Å². The molecule has 1 aliphatic rings. The molecule has 0 saturated carbocycles. The lowest BCUT2D eigenvalue weighted by Crippen LogP contribution is -2.47. The van der Waals surface area contributed by atoms with E-state index >= 15 is 0 Å². The zero-order chi connectivity index (χ0) is 17.5. The largest absolute Gasteiger partial charge is 0.445 e. The van der Waals surface area contributed by atoms with Crippen LogP contribution in [0.2, 0.25) is 5.15 Å². The first-order valence-electron chi connectivity index (χ1n) is 8.56. The zero-order valence-electron chi connectivity index (χ0n) is 14.0. The number of nitrogens with zero attached hydrogens (tertiary/aromatic N) is 2. The Balaban J connectivity index is 1.56. The van der Waals surface area contributed by atoms with Crippen molar-refractivity contribution in [1.82, 2.24) is 9.88 Å². The SMILES string of the molecule is O=C(OCc1ccccc1)N1CCCCC1CNc1cccnc1Cl. The minimum absolute atomic E-state index is 0.0910. The van der Waals surface area contributed by atoms with Crippen molar-refractivity contribution in [2.45, 2.75) is 31.9 Å². The number of pyridine rings is 1. The summed E-state index contributed by atoms with van der Waals surface area (Å²) >= 11 is 6.08. The van der Waals surface area contributed by atoms with Crippen LogP contribution in [0.1, 0.15) is 24.8 Å². The molecule has 1 aromatic carbocycles. The summed E-state index contributed by atoms with van der Waals surface area (Å²) in [6.45, 7) is 1.65. The summed E-state index contributed by atoms with van der Waals surface area (Å²) in [5.74, 6) is 0. The molecule has 3 rings (SSSR count). The quantitative estimate of drug-likeness (QED) is 0.807. The highest BCUT2D eigenvalue weighted by atomic mass is 35.5. The number of amides is 1. The normalized spacial score (nSPS) is 17.2. The summed E-state index contributed by atoms with van der Waals surface area (Å²) in [5, 5.41) is 3.74. The molecule has 6 heteroatoms. The number of anilines is 1. The number of rotatable bonds is 5. The topological polar surface area (TPSA) is 54.5 Å². The highest BCUT2D eigenvalue weighted by Gasteiger charge is 2.27. The molecule has 0 spiro atoms. The monoisotopic (exact) mass is 359 g/mol. The van der Waals surface area contributed by atoms with Crippen LogP contribution in [0.15, 0.2) is 48.7 Å². The van der Waals surface area contributed by atoms with Gasteiger partial charge in [-0.25, -0.2) is 9.78 Å².